The van der Waals surface area contributed by atoms with Crippen molar-refractivity contribution in [3.05, 3.63) is 65.2 Å². The number of allylic oxidation sites excluding steroid dienone is 1. The fourth-order valence-electron chi connectivity index (χ4n) is 3.58. The zero-order chi connectivity index (χ0) is 24.0. The van der Waals surface area contributed by atoms with Crippen LogP contribution in [-0.2, 0) is 14.8 Å². The highest BCUT2D eigenvalue weighted by molar-refractivity contribution is 9.09. The maximum atomic E-state index is 13.4. The first-order valence-corrected chi connectivity index (χ1v) is 12.8. The molecule has 2 aromatic carbocycles. The molecule has 1 heterocycles. The monoisotopic (exact) mass is 536 g/mol. The van der Waals surface area contributed by atoms with Gasteiger partial charge >= 0.3 is 6.09 Å². The number of benzene rings is 2. The van der Waals surface area contributed by atoms with Crippen molar-refractivity contribution in [2.45, 2.75) is 23.8 Å². The molecule has 0 radical (unpaired) electrons. The van der Waals surface area contributed by atoms with E-state index < -0.39 is 22.2 Å². The average molecular weight is 537 g/mol. The van der Waals surface area contributed by atoms with Crippen molar-refractivity contribution in [2.75, 3.05) is 23.2 Å². The van der Waals surface area contributed by atoms with Crippen LogP contribution in [0, 0.1) is 0 Å². The third kappa shape index (κ3) is 5.73. The number of nitrogens with zero attached hydrogens (tertiary/aromatic N) is 1. The Morgan fingerprint density at radius 3 is 2.67 bits per heavy atom. The first kappa shape index (κ1) is 24.7. The molecule has 0 fully saturated rings. The van der Waals surface area contributed by atoms with E-state index in [-0.39, 0.29) is 16.1 Å². The summed E-state index contributed by atoms with van der Waals surface area (Å²) >= 11 is 3.09. The number of halogens is 1. The number of para-hydroxylation sites is 1. The number of carbonyl (C=O) groups is 2. The second-order valence-electron chi connectivity index (χ2n) is 7.36. The predicted molar refractivity (Wildman–Crippen MR) is 130 cm³/mol. The molecule has 9 nitrogen and oxygen atoms in total. The summed E-state index contributed by atoms with van der Waals surface area (Å²) in [4.78, 5) is 22.4. The topological polar surface area (TPSA) is 128 Å². The molecule has 0 saturated carbocycles. The summed E-state index contributed by atoms with van der Waals surface area (Å²) in [6.07, 6.45) is 3.94. The Labute approximate surface area is 201 Å². The van der Waals surface area contributed by atoms with Gasteiger partial charge in [-0.1, -0.05) is 58.4 Å². The lowest BCUT2D eigenvalue weighted by Crippen LogP contribution is -2.39. The van der Waals surface area contributed by atoms with Crippen LogP contribution in [0.25, 0.3) is 6.08 Å². The summed E-state index contributed by atoms with van der Waals surface area (Å²) in [5.74, 6) is -0.0689. The molecule has 0 spiro atoms. The van der Waals surface area contributed by atoms with Crippen molar-refractivity contribution in [3.8, 4) is 0 Å². The highest BCUT2D eigenvalue weighted by Crippen LogP contribution is 2.40. The molecule has 1 unspecified atom stereocenters. The first-order chi connectivity index (χ1) is 15.8. The van der Waals surface area contributed by atoms with Gasteiger partial charge in [0, 0.05) is 13.6 Å². The smallest absolute Gasteiger partial charge is 0.419 e. The summed E-state index contributed by atoms with van der Waals surface area (Å²) in [6, 6.07) is 11.3. The Balaban J connectivity index is 1.92. The van der Waals surface area contributed by atoms with Crippen molar-refractivity contribution in [2.24, 2.45) is 0 Å². The largest absolute Gasteiger partial charge is 0.464 e. The average Bonchev–Trinajstić information content (AvgIpc) is 2.87. The van der Waals surface area contributed by atoms with Crippen LogP contribution in [0.3, 0.4) is 0 Å². The van der Waals surface area contributed by atoms with Crippen LogP contribution in [0.2, 0.25) is 0 Å². The molecule has 176 valence electrons. The van der Waals surface area contributed by atoms with Gasteiger partial charge in [-0.25, -0.2) is 18.6 Å². The van der Waals surface area contributed by atoms with Crippen LogP contribution in [0.4, 0.5) is 10.5 Å². The normalized spacial score (nSPS) is 16.5. The summed E-state index contributed by atoms with van der Waals surface area (Å²) in [6.45, 7) is 0.556. The lowest BCUT2D eigenvalue weighted by atomic mass is 9.96. The lowest BCUT2D eigenvalue weighted by Gasteiger charge is -2.21. The third-order valence-corrected chi connectivity index (χ3v) is 7.54. The second kappa shape index (κ2) is 10.8. The summed E-state index contributed by atoms with van der Waals surface area (Å²) in [7, 11) is -2.40. The van der Waals surface area contributed by atoms with Gasteiger partial charge in [0.2, 0.25) is 5.91 Å². The molecule has 1 aliphatic rings. The molecule has 1 atom stereocenters. The summed E-state index contributed by atoms with van der Waals surface area (Å²) in [5.41, 5.74) is 7.12. The molecular weight excluding hydrogens is 512 g/mol. The van der Waals surface area contributed by atoms with Gasteiger partial charge < -0.3 is 10.4 Å². The molecule has 11 heteroatoms. The zero-order valence-corrected chi connectivity index (χ0v) is 20.3. The Morgan fingerprint density at radius 1 is 1.18 bits per heavy atom. The van der Waals surface area contributed by atoms with E-state index in [2.05, 4.69) is 32.1 Å². The molecule has 33 heavy (non-hydrogen) atoms. The lowest BCUT2D eigenvalue weighted by molar-refractivity contribution is -0.118. The number of alkyl halides is 1. The standard InChI is InChI=1S/C22H25BrN4O5S/c1-27-18-9-5-4-8-16(18)21(25-26-22(29)30)17-11-10-15(13-19(17)33(27,31)32)7-3-2-6-12-24-20(28)14-23/h3-5,7-11,13,21,25-26H,2,6,12,14H2,1H3,(H,24,28)(H,29,30)/b7-3+. The molecule has 0 saturated heterocycles. The Bertz CT molecular complexity index is 1170. The van der Waals surface area contributed by atoms with E-state index in [1.54, 1.807) is 42.5 Å². The van der Waals surface area contributed by atoms with E-state index in [1.807, 2.05) is 12.2 Å². The number of carboxylic acid groups (broad SMARTS) is 1. The minimum Gasteiger partial charge on any atom is -0.464 e. The molecular formula is C22H25BrN4O5S. The van der Waals surface area contributed by atoms with Crippen molar-refractivity contribution in [1.82, 2.24) is 16.2 Å². The Hall–Kier alpha value is -2.89. The molecule has 0 bridgehead atoms. The quantitative estimate of drug-likeness (QED) is 0.233. The number of sulfonamides is 1. The van der Waals surface area contributed by atoms with E-state index in [4.69, 9.17) is 5.11 Å². The minimum absolute atomic E-state index is 0.0689. The molecule has 2 aromatic rings. The van der Waals surface area contributed by atoms with Crippen LogP contribution in [0.1, 0.15) is 35.6 Å². The molecule has 1 aliphatic heterocycles. The number of amides is 2. The second-order valence-corrected chi connectivity index (χ2v) is 9.86. The number of rotatable bonds is 8. The molecule has 3 rings (SSSR count). The van der Waals surface area contributed by atoms with E-state index in [9.17, 15) is 18.0 Å². The number of carbonyl (C=O) groups excluding carboxylic acids is 1. The van der Waals surface area contributed by atoms with Crippen molar-refractivity contribution >= 4 is 49.7 Å². The summed E-state index contributed by atoms with van der Waals surface area (Å²) in [5, 5.41) is 12.1. The summed E-state index contributed by atoms with van der Waals surface area (Å²) < 4.78 is 28.1. The molecule has 0 aromatic heterocycles. The van der Waals surface area contributed by atoms with E-state index in [0.717, 1.165) is 6.42 Å². The first-order valence-electron chi connectivity index (χ1n) is 10.2. The van der Waals surface area contributed by atoms with Gasteiger partial charge in [-0.05, 0) is 41.7 Å². The number of hydrogen-bond acceptors (Lipinski definition) is 5. The van der Waals surface area contributed by atoms with Crippen molar-refractivity contribution in [3.63, 3.8) is 0 Å². The Morgan fingerprint density at radius 2 is 1.94 bits per heavy atom. The number of hydrogen-bond donors (Lipinski definition) is 4. The zero-order valence-electron chi connectivity index (χ0n) is 17.9. The van der Waals surface area contributed by atoms with Gasteiger partial charge in [-0.2, -0.15) is 0 Å². The van der Waals surface area contributed by atoms with Gasteiger partial charge in [0.15, 0.2) is 0 Å². The number of unbranched alkanes of at least 4 members (excludes halogenated alkanes) is 1. The molecule has 0 aliphatic carbocycles. The number of nitrogens with one attached hydrogen (secondary N) is 3. The van der Waals surface area contributed by atoms with Crippen LogP contribution < -0.4 is 20.5 Å². The van der Waals surface area contributed by atoms with E-state index in [0.29, 0.717) is 35.3 Å². The highest BCUT2D eigenvalue weighted by atomic mass is 79.9. The molecule has 2 amide bonds. The van der Waals surface area contributed by atoms with E-state index in [1.165, 1.54) is 11.4 Å². The number of anilines is 1. The SMILES string of the molecule is CN1c2ccccc2C(NNC(=O)O)c2ccc(/C=C/CCCNC(=O)CBr)cc2S1(=O)=O. The highest BCUT2D eigenvalue weighted by Gasteiger charge is 2.35. The van der Waals surface area contributed by atoms with Gasteiger partial charge in [0.05, 0.1) is 22.0 Å². The predicted octanol–water partition coefficient (Wildman–Crippen LogP) is 2.99. The van der Waals surface area contributed by atoms with E-state index >= 15 is 0 Å². The fourth-order valence-corrected chi connectivity index (χ4v) is 5.27. The fraction of sp³-hybridized carbons (Fsp3) is 0.273. The maximum Gasteiger partial charge on any atom is 0.419 e. The minimum atomic E-state index is -3.88. The van der Waals surface area contributed by atoms with Crippen molar-refractivity contribution < 1.29 is 23.1 Å². The third-order valence-electron chi connectivity index (χ3n) is 5.20. The molecule has 4 N–H and O–H groups in total. The number of hydrazine groups is 1. The van der Waals surface area contributed by atoms with Crippen LogP contribution in [0.15, 0.2) is 53.4 Å². The maximum absolute atomic E-state index is 13.4. The van der Waals surface area contributed by atoms with Gasteiger partial charge in [0.1, 0.15) is 0 Å². The van der Waals surface area contributed by atoms with Crippen LogP contribution in [0.5, 0.6) is 0 Å². The van der Waals surface area contributed by atoms with Gasteiger partial charge in [-0.3, -0.25) is 14.5 Å². The number of fused-ring (bicyclic) bond motifs is 2. The van der Waals surface area contributed by atoms with Crippen LogP contribution in [-0.4, -0.2) is 44.4 Å². The Kier molecular flexibility index (Phi) is 8.11. The van der Waals surface area contributed by atoms with Gasteiger partial charge in [0.25, 0.3) is 10.0 Å². The van der Waals surface area contributed by atoms with Crippen LogP contribution >= 0.6 is 15.9 Å². The van der Waals surface area contributed by atoms with Gasteiger partial charge in [-0.15, -0.1) is 0 Å². The van der Waals surface area contributed by atoms with Crippen molar-refractivity contribution in [1.29, 1.82) is 0 Å².